The number of halogens is 2. The van der Waals surface area contributed by atoms with E-state index in [9.17, 15) is 8.78 Å². The molecule has 0 saturated carbocycles. The molecule has 1 heterocycles. The Labute approximate surface area is 137 Å². The molecule has 2 aromatic carbocycles. The second-order valence-electron chi connectivity index (χ2n) is 5.10. The van der Waals surface area contributed by atoms with Gasteiger partial charge in [0.15, 0.2) is 5.82 Å². The molecule has 0 aliphatic rings. The third kappa shape index (κ3) is 4.45. The molecular formula is C17H15F2N5. The Morgan fingerprint density at radius 2 is 1.79 bits per heavy atom. The van der Waals surface area contributed by atoms with E-state index in [1.54, 1.807) is 24.3 Å². The molecule has 7 heteroatoms. The minimum Gasteiger partial charge on any atom is -0.368 e. The van der Waals surface area contributed by atoms with Gasteiger partial charge in [-0.15, -0.1) is 5.10 Å². The van der Waals surface area contributed by atoms with Crippen LogP contribution < -0.4 is 10.6 Å². The van der Waals surface area contributed by atoms with Crippen molar-refractivity contribution < 1.29 is 8.78 Å². The number of nitrogens with zero attached hydrogens (tertiary/aromatic N) is 3. The number of rotatable bonds is 6. The molecule has 3 rings (SSSR count). The lowest BCUT2D eigenvalue weighted by Gasteiger charge is -2.08. The molecule has 0 unspecified atom stereocenters. The molecule has 122 valence electrons. The molecule has 0 saturated heterocycles. The van der Waals surface area contributed by atoms with E-state index < -0.39 is 0 Å². The van der Waals surface area contributed by atoms with Crippen LogP contribution in [0.2, 0.25) is 0 Å². The molecule has 0 aliphatic carbocycles. The fourth-order valence-corrected chi connectivity index (χ4v) is 2.12. The maximum absolute atomic E-state index is 13.2. The molecule has 0 atom stereocenters. The summed E-state index contributed by atoms with van der Waals surface area (Å²) in [5.74, 6) is 0.222. The van der Waals surface area contributed by atoms with E-state index in [1.165, 1.54) is 30.5 Å². The average molecular weight is 327 g/mol. The van der Waals surface area contributed by atoms with Crippen LogP contribution >= 0.6 is 0 Å². The molecule has 24 heavy (non-hydrogen) atoms. The Morgan fingerprint density at radius 3 is 2.58 bits per heavy atom. The molecule has 0 aliphatic heterocycles. The standard InChI is InChI=1S/C17H15F2N5/c18-13-6-4-12(5-7-13)8-9-20-16-11-21-24-17(23-16)22-15-3-1-2-14(19)10-15/h1-7,10-11H,8-9H2,(H2,20,22,23,24). The highest BCUT2D eigenvalue weighted by atomic mass is 19.1. The summed E-state index contributed by atoms with van der Waals surface area (Å²) in [6.07, 6.45) is 2.22. The van der Waals surface area contributed by atoms with Crippen LogP contribution in [0.3, 0.4) is 0 Å². The molecule has 5 nitrogen and oxygen atoms in total. The van der Waals surface area contributed by atoms with Crippen molar-refractivity contribution in [3.63, 3.8) is 0 Å². The third-order valence-corrected chi connectivity index (χ3v) is 3.27. The SMILES string of the molecule is Fc1ccc(CCNc2cnnc(Nc3cccc(F)c3)n2)cc1. The van der Waals surface area contributed by atoms with Gasteiger partial charge < -0.3 is 10.6 Å². The van der Waals surface area contributed by atoms with Crippen LogP contribution in [0.25, 0.3) is 0 Å². The maximum atomic E-state index is 13.2. The summed E-state index contributed by atoms with van der Waals surface area (Å²) in [7, 11) is 0. The van der Waals surface area contributed by atoms with Gasteiger partial charge in [-0.05, 0) is 42.3 Å². The Hall–Kier alpha value is -3.09. The lowest BCUT2D eigenvalue weighted by atomic mass is 10.1. The summed E-state index contributed by atoms with van der Waals surface area (Å²) in [6, 6.07) is 12.4. The molecular weight excluding hydrogens is 312 g/mol. The number of hydrogen-bond donors (Lipinski definition) is 2. The van der Waals surface area contributed by atoms with Gasteiger partial charge in [0.25, 0.3) is 0 Å². The van der Waals surface area contributed by atoms with Crippen LogP contribution in [-0.4, -0.2) is 21.7 Å². The normalized spacial score (nSPS) is 10.4. The summed E-state index contributed by atoms with van der Waals surface area (Å²) in [5.41, 5.74) is 1.56. The fourth-order valence-electron chi connectivity index (χ4n) is 2.12. The van der Waals surface area contributed by atoms with Crippen molar-refractivity contribution in [2.45, 2.75) is 6.42 Å². The second-order valence-corrected chi connectivity index (χ2v) is 5.10. The zero-order valence-electron chi connectivity index (χ0n) is 12.7. The lowest BCUT2D eigenvalue weighted by Crippen LogP contribution is -2.08. The Kier molecular flexibility index (Phi) is 4.90. The monoisotopic (exact) mass is 327 g/mol. The highest BCUT2D eigenvalue weighted by molar-refractivity contribution is 5.53. The maximum Gasteiger partial charge on any atom is 0.249 e. The summed E-state index contributed by atoms with van der Waals surface area (Å²) < 4.78 is 26.0. The smallest absolute Gasteiger partial charge is 0.249 e. The van der Waals surface area contributed by atoms with Crippen molar-refractivity contribution in [2.75, 3.05) is 17.2 Å². The average Bonchev–Trinajstić information content (AvgIpc) is 2.57. The molecule has 2 N–H and O–H groups in total. The van der Waals surface area contributed by atoms with Gasteiger partial charge in [-0.1, -0.05) is 18.2 Å². The predicted octanol–water partition coefficient (Wildman–Crippen LogP) is 3.55. The molecule has 0 radical (unpaired) electrons. The number of benzene rings is 2. The third-order valence-electron chi connectivity index (χ3n) is 3.27. The van der Waals surface area contributed by atoms with Gasteiger partial charge in [0, 0.05) is 12.2 Å². The van der Waals surface area contributed by atoms with Gasteiger partial charge >= 0.3 is 0 Å². The summed E-state index contributed by atoms with van der Waals surface area (Å²) in [5, 5.41) is 13.7. The van der Waals surface area contributed by atoms with E-state index >= 15 is 0 Å². The molecule has 0 fully saturated rings. The lowest BCUT2D eigenvalue weighted by molar-refractivity contribution is 0.627. The number of anilines is 3. The second kappa shape index (κ2) is 7.45. The Bertz CT molecular complexity index is 808. The van der Waals surface area contributed by atoms with Gasteiger partial charge in [0.2, 0.25) is 5.95 Å². The van der Waals surface area contributed by atoms with Gasteiger partial charge in [-0.25, -0.2) is 8.78 Å². The molecule has 0 spiro atoms. The van der Waals surface area contributed by atoms with E-state index in [0.717, 1.165) is 12.0 Å². The van der Waals surface area contributed by atoms with Crippen molar-refractivity contribution in [2.24, 2.45) is 0 Å². The van der Waals surface area contributed by atoms with Crippen molar-refractivity contribution in [3.8, 4) is 0 Å². The topological polar surface area (TPSA) is 62.7 Å². The minimum absolute atomic E-state index is 0.250. The van der Waals surface area contributed by atoms with Crippen molar-refractivity contribution >= 4 is 17.5 Å². The van der Waals surface area contributed by atoms with Gasteiger partial charge in [-0.2, -0.15) is 10.1 Å². The van der Waals surface area contributed by atoms with Crippen molar-refractivity contribution in [1.29, 1.82) is 0 Å². The number of hydrogen-bond acceptors (Lipinski definition) is 5. The van der Waals surface area contributed by atoms with E-state index in [4.69, 9.17) is 0 Å². The fraction of sp³-hybridized carbons (Fsp3) is 0.118. The van der Waals surface area contributed by atoms with Gasteiger partial charge in [0.05, 0.1) is 6.20 Å². The first-order valence-corrected chi connectivity index (χ1v) is 7.40. The van der Waals surface area contributed by atoms with Crippen LogP contribution in [0.1, 0.15) is 5.56 Å². The van der Waals surface area contributed by atoms with Crippen molar-refractivity contribution in [1.82, 2.24) is 15.2 Å². The largest absolute Gasteiger partial charge is 0.368 e. The van der Waals surface area contributed by atoms with Crippen LogP contribution in [0.4, 0.5) is 26.2 Å². The molecule has 3 aromatic rings. The zero-order valence-corrected chi connectivity index (χ0v) is 12.7. The summed E-state index contributed by atoms with van der Waals surface area (Å²) in [6.45, 7) is 0.615. The van der Waals surface area contributed by atoms with E-state index in [-0.39, 0.29) is 17.6 Å². The minimum atomic E-state index is -0.346. The van der Waals surface area contributed by atoms with E-state index in [1.807, 2.05) is 0 Å². The van der Waals surface area contributed by atoms with E-state index in [0.29, 0.717) is 18.1 Å². The first-order chi connectivity index (χ1) is 11.7. The van der Waals surface area contributed by atoms with Crippen LogP contribution in [0, 0.1) is 11.6 Å². The number of aromatic nitrogens is 3. The predicted molar refractivity (Wildman–Crippen MR) is 88.1 cm³/mol. The zero-order chi connectivity index (χ0) is 16.8. The molecule has 0 bridgehead atoms. The highest BCUT2D eigenvalue weighted by Gasteiger charge is 2.02. The van der Waals surface area contributed by atoms with Crippen LogP contribution in [0.15, 0.2) is 54.7 Å². The summed E-state index contributed by atoms with van der Waals surface area (Å²) in [4.78, 5) is 4.26. The first-order valence-electron chi connectivity index (χ1n) is 7.40. The van der Waals surface area contributed by atoms with Gasteiger partial charge in [0.1, 0.15) is 11.6 Å². The van der Waals surface area contributed by atoms with Crippen molar-refractivity contribution in [3.05, 3.63) is 71.9 Å². The highest BCUT2D eigenvalue weighted by Crippen LogP contribution is 2.14. The van der Waals surface area contributed by atoms with Gasteiger partial charge in [-0.3, -0.25) is 0 Å². The van der Waals surface area contributed by atoms with Crippen LogP contribution in [-0.2, 0) is 6.42 Å². The Morgan fingerprint density at radius 1 is 0.958 bits per heavy atom. The van der Waals surface area contributed by atoms with Crippen LogP contribution in [0.5, 0.6) is 0 Å². The first kappa shape index (κ1) is 15.8. The molecule has 1 aromatic heterocycles. The van der Waals surface area contributed by atoms with E-state index in [2.05, 4.69) is 25.8 Å². The summed E-state index contributed by atoms with van der Waals surface area (Å²) >= 11 is 0. The number of nitrogens with one attached hydrogen (secondary N) is 2. The quantitative estimate of drug-likeness (QED) is 0.725. The molecule has 0 amide bonds. The Balaban J connectivity index is 1.57.